The van der Waals surface area contributed by atoms with Gasteiger partial charge in [-0.2, -0.15) is 0 Å². The third kappa shape index (κ3) is 2.91. The van der Waals surface area contributed by atoms with Crippen molar-refractivity contribution in [3.63, 3.8) is 0 Å². The Bertz CT molecular complexity index is 416. The van der Waals surface area contributed by atoms with E-state index in [0.717, 1.165) is 31.6 Å². The Kier molecular flexibility index (Phi) is 3.53. The molecule has 17 heavy (non-hydrogen) atoms. The van der Waals surface area contributed by atoms with Gasteiger partial charge in [0.05, 0.1) is 4.92 Å². The van der Waals surface area contributed by atoms with Crippen molar-refractivity contribution >= 4 is 11.5 Å². The van der Waals surface area contributed by atoms with Crippen LogP contribution in [0.15, 0.2) is 12.1 Å². The first-order valence-electron chi connectivity index (χ1n) is 5.80. The lowest BCUT2D eigenvalue weighted by Gasteiger charge is -2.27. The summed E-state index contributed by atoms with van der Waals surface area (Å²) in [5.74, 6) is 0.344. The van der Waals surface area contributed by atoms with Gasteiger partial charge in [-0.3, -0.25) is 15.5 Å². The van der Waals surface area contributed by atoms with Crippen molar-refractivity contribution in [2.24, 2.45) is 0 Å². The second-order valence-corrected chi connectivity index (χ2v) is 4.24. The highest BCUT2D eigenvalue weighted by molar-refractivity contribution is 5.55. The van der Waals surface area contributed by atoms with E-state index < -0.39 is 4.92 Å². The number of hydrogen-bond acceptors (Lipinski definition) is 5. The number of nitro groups is 1. The molecule has 2 heterocycles. The number of nitrogens with zero attached hydrogens (tertiary/aromatic N) is 3. The molecule has 0 bridgehead atoms. The number of hydrazine groups is 1. The van der Waals surface area contributed by atoms with Crippen LogP contribution in [0.25, 0.3) is 0 Å². The van der Waals surface area contributed by atoms with Crippen LogP contribution in [0.5, 0.6) is 0 Å². The first-order valence-corrected chi connectivity index (χ1v) is 5.80. The van der Waals surface area contributed by atoms with Crippen LogP contribution in [0.1, 0.15) is 25.0 Å². The van der Waals surface area contributed by atoms with Gasteiger partial charge in [-0.25, -0.2) is 9.99 Å². The van der Waals surface area contributed by atoms with Crippen molar-refractivity contribution in [3.05, 3.63) is 27.9 Å². The number of anilines is 1. The lowest BCUT2D eigenvalue weighted by molar-refractivity contribution is -0.384. The van der Waals surface area contributed by atoms with Crippen LogP contribution < -0.4 is 5.43 Å². The second-order valence-electron chi connectivity index (χ2n) is 4.24. The third-order valence-electron chi connectivity index (χ3n) is 2.83. The highest BCUT2D eigenvalue weighted by Gasteiger charge is 2.18. The van der Waals surface area contributed by atoms with Gasteiger partial charge < -0.3 is 0 Å². The summed E-state index contributed by atoms with van der Waals surface area (Å²) in [6.45, 7) is 3.64. The summed E-state index contributed by atoms with van der Waals surface area (Å²) < 4.78 is 0. The standard InChI is InChI=1S/C11H16N4O2/c1-9-5-6-10(15(16)17)11(12-9)13-14-7-3-2-4-8-14/h5-6H,2-4,7-8H2,1H3,(H,12,13). The van der Waals surface area contributed by atoms with E-state index in [1.54, 1.807) is 6.07 Å². The minimum Gasteiger partial charge on any atom is -0.297 e. The summed E-state index contributed by atoms with van der Waals surface area (Å²) in [4.78, 5) is 14.7. The van der Waals surface area contributed by atoms with Gasteiger partial charge in [0.15, 0.2) is 0 Å². The average Bonchev–Trinajstić information content (AvgIpc) is 2.30. The molecule has 1 aliphatic rings. The molecule has 2 rings (SSSR count). The lowest BCUT2D eigenvalue weighted by atomic mass is 10.2. The molecule has 1 aromatic heterocycles. The predicted octanol–water partition coefficient (Wildman–Crippen LogP) is 2.11. The van der Waals surface area contributed by atoms with Crippen LogP contribution >= 0.6 is 0 Å². The molecule has 0 atom stereocenters. The van der Waals surface area contributed by atoms with Crippen LogP contribution in [0, 0.1) is 17.0 Å². The van der Waals surface area contributed by atoms with Crippen molar-refractivity contribution in [2.45, 2.75) is 26.2 Å². The largest absolute Gasteiger partial charge is 0.312 e. The number of aromatic nitrogens is 1. The summed E-state index contributed by atoms with van der Waals surface area (Å²) in [6, 6.07) is 3.15. The second kappa shape index (κ2) is 5.09. The lowest BCUT2D eigenvalue weighted by Crippen LogP contribution is -2.35. The maximum Gasteiger partial charge on any atom is 0.312 e. The van der Waals surface area contributed by atoms with E-state index in [-0.39, 0.29) is 5.69 Å². The minimum absolute atomic E-state index is 0.0289. The van der Waals surface area contributed by atoms with Crippen LogP contribution in [0.4, 0.5) is 11.5 Å². The highest BCUT2D eigenvalue weighted by Crippen LogP contribution is 2.23. The van der Waals surface area contributed by atoms with E-state index >= 15 is 0 Å². The quantitative estimate of drug-likeness (QED) is 0.642. The molecule has 1 N–H and O–H groups in total. The predicted molar refractivity (Wildman–Crippen MR) is 64.7 cm³/mol. The molecule has 0 saturated carbocycles. The van der Waals surface area contributed by atoms with E-state index in [2.05, 4.69) is 10.4 Å². The molecular formula is C11H16N4O2. The fourth-order valence-corrected chi connectivity index (χ4v) is 1.93. The maximum atomic E-state index is 10.9. The number of nitrogens with one attached hydrogen (secondary N) is 1. The SMILES string of the molecule is Cc1ccc([N+](=O)[O-])c(NN2CCCCC2)n1. The van der Waals surface area contributed by atoms with Gasteiger partial charge in [0.25, 0.3) is 0 Å². The molecule has 92 valence electrons. The average molecular weight is 236 g/mol. The molecule has 0 aromatic carbocycles. The summed E-state index contributed by atoms with van der Waals surface area (Å²) in [7, 11) is 0. The summed E-state index contributed by atoms with van der Waals surface area (Å²) in [5, 5.41) is 12.9. The van der Waals surface area contributed by atoms with Crippen LogP contribution in [-0.2, 0) is 0 Å². The molecule has 1 fully saturated rings. The summed E-state index contributed by atoms with van der Waals surface area (Å²) in [6.07, 6.45) is 3.46. The molecule has 1 aliphatic heterocycles. The Morgan fingerprint density at radius 3 is 2.71 bits per heavy atom. The van der Waals surface area contributed by atoms with E-state index in [0.29, 0.717) is 5.82 Å². The zero-order valence-corrected chi connectivity index (χ0v) is 9.85. The minimum atomic E-state index is -0.404. The maximum absolute atomic E-state index is 10.9. The zero-order chi connectivity index (χ0) is 12.3. The van der Waals surface area contributed by atoms with E-state index in [1.807, 2.05) is 11.9 Å². The smallest absolute Gasteiger partial charge is 0.297 e. The van der Waals surface area contributed by atoms with Crippen molar-refractivity contribution in [1.29, 1.82) is 0 Å². The zero-order valence-electron chi connectivity index (χ0n) is 9.85. The summed E-state index contributed by atoms with van der Waals surface area (Å²) >= 11 is 0. The molecule has 0 aliphatic carbocycles. The molecule has 1 saturated heterocycles. The number of pyridine rings is 1. The van der Waals surface area contributed by atoms with E-state index in [4.69, 9.17) is 0 Å². The first-order chi connectivity index (χ1) is 8.16. The van der Waals surface area contributed by atoms with Crippen molar-refractivity contribution in [3.8, 4) is 0 Å². The first kappa shape index (κ1) is 11.8. The van der Waals surface area contributed by atoms with E-state index in [9.17, 15) is 10.1 Å². The Morgan fingerprint density at radius 1 is 1.35 bits per heavy atom. The third-order valence-corrected chi connectivity index (χ3v) is 2.83. The Morgan fingerprint density at radius 2 is 2.06 bits per heavy atom. The number of hydrogen-bond donors (Lipinski definition) is 1. The van der Waals surface area contributed by atoms with Gasteiger partial charge in [0.1, 0.15) is 0 Å². The Balaban J connectivity index is 2.17. The molecule has 1 aromatic rings. The fraction of sp³-hybridized carbons (Fsp3) is 0.545. The van der Waals surface area contributed by atoms with E-state index in [1.165, 1.54) is 12.5 Å². The number of piperidine rings is 1. The molecule has 0 radical (unpaired) electrons. The number of rotatable bonds is 3. The molecule has 6 heteroatoms. The highest BCUT2D eigenvalue weighted by atomic mass is 16.6. The molecule has 0 spiro atoms. The Hall–Kier alpha value is -1.69. The molecule has 6 nitrogen and oxygen atoms in total. The van der Waals surface area contributed by atoms with Crippen molar-refractivity contribution in [2.75, 3.05) is 18.5 Å². The van der Waals surface area contributed by atoms with Crippen molar-refractivity contribution in [1.82, 2.24) is 9.99 Å². The van der Waals surface area contributed by atoms with Gasteiger partial charge in [-0.15, -0.1) is 0 Å². The molecular weight excluding hydrogens is 220 g/mol. The van der Waals surface area contributed by atoms with Gasteiger partial charge in [0, 0.05) is 24.8 Å². The van der Waals surface area contributed by atoms with Gasteiger partial charge in [-0.05, 0) is 25.8 Å². The summed E-state index contributed by atoms with van der Waals surface area (Å²) in [5.41, 5.74) is 3.85. The van der Waals surface area contributed by atoms with Crippen LogP contribution in [0.3, 0.4) is 0 Å². The number of aryl methyl sites for hydroxylation is 1. The molecule has 0 amide bonds. The Labute approximate surface area is 99.8 Å². The monoisotopic (exact) mass is 236 g/mol. The topological polar surface area (TPSA) is 71.3 Å². The van der Waals surface area contributed by atoms with Gasteiger partial charge in [-0.1, -0.05) is 6.42 Å². The normalized spacial score (nSPS) is 16.8. The van der Waals surface area contributed by atoms with Gasteiger partial charge >= 0.3 is 5.69 Å². The van der Waals surface area contributed by atoms with Crippen LogP contribution in [-0.4, -0.2) is 28.0 Å². The van der Waals surface area contributed by atoms with Crippen LogP contribution in [0.2, 0.25) is 0 Å². The molecule has 0 unspecified atom stereocenters. The van der Waals surface area contributed by atoms with Crippen molar-refractivity contribution < 1.29 is 4.92 Å². The van der Waals surface area contributed by atoms with Gasteiger partial charge in [0.2, 0.25) is 5.82 Å². The fourth-order valence-electron chi connectivity index (χ4n) is 1.93.